The number of alkyl halides is 3. The van der Waals surface area contributed by atoms with E-state index in [2.05, 4.69) is 15.4 Å². The van der Waals surface area contributed by atoms with Gasteiger partial charge in [0.2, 0.25) is 0 Å². The molecule has 0 aliphatic carbocycles. The maximum atomic E-state index is 12.9. The zero-order valence-electron chi connectivity index (χ0n) is 12.4. The zero-order chi connectivity index (χ0) is 17.4. The predicted octanol–water partition coefficient (Wildman–Crippen LogP) is 4.76. The maximum absolute atomic E-state index is 12.9. The Morgan fingerprint density at radius 3 is 2.84 bits per heavy atom. The Morgan fingerprint density at radius 1 is 1.20 bits per heavy atom. The van der Waals surface area contributed by atoms with Gasteiger partial charge in [-0.25, -0.2) is 0 Å². The van der Waals surface area contributed by atoms with Crippen LogP contribution in [0.2, 0.25) is 0 Å². The van der Waals surface area contributed by atoms with E-state index in [1.807, 2.05) is 23.6 Å². The Bertz CT molecular complexity index is 1010. The topological polar surface area (TPSA) is 56.2 Å². The van der Waals surface area contributed by atoms with Crippen molar-refractivity contribution in [2.45, 2.75) is 17.1 Å². The monoisotopic (exact) mass is 382 g/mol. The maximum Gasteiger partial charge on any atom is 0.417 e. The molecule has 4 rings (SSSR count). The minimum absolute atomic E-state index is 0.356. The molecule has 0 radical (unpaired) electrons. The molecule has 4 aromatic heterocycles. The number of pyridine rings is 1. The van der Waals surface area contributed by atoms with Gasteiger partial charge in [-0.3, -0.25) is 4.40 Å². The van der Waals surface area contributed by atoms with Crippen LogP contribution in [0.25, 0.3) is 16.3 Å². The summed E-state index contributed by atoms with van der Waals surface area (Å²) in [6, 6.07) is 7.93. The molecule has 5 nitrogen and oxygen atoms in total. The largest absolute Gasteiger partial charge is 0.417 e. The molecule has 0 amide bonds. The van der Waals surface area contributed by atoms with Gasteiger partial charge < -0.3 is 4.52 Å². The molecule has 0 atom stereocenters. The van der Waals surface area contributed by atoms with Crippen LogP contribution in [0, 0.1) is 0 Å². The molecule has 0 unspecified atom stereocenters. The summed E-state index contributed by atoms with van der Waals surface area (Å²) in [5.41, 5.74) is 0.287. The van der Waals surface area contributed by atoms with Crippen molar-refractivity contribution in [2.75, 3.05) is 0 Å². The second-order valence-electron chi connectivity index (χ2n) is 5.07. The molecule has 0 N–H and O–H groups in total. The van der Waals surface area contributed by atoms with Crippen LogP contribution in [0.4, 0.5) is 13.2 Å². The predicted molar refractivity (Wildman–Crippen MR) is 87.4 cm³/mol. The average molecular weight is 382 g/mol. The highest BCUT2D eigenvalue weighted by molar-refractivity contribution is 7.98. The lowest BCUT2D eigenvalue weighted by molar-refractivity contribution is -0.137. The fraction of sp³-hybridized carbons (Fsp3) is 0.133. The van der Waals surface area contributed by atoms with Crippen LogP contribution in [0.15, 0.2) is 51.6 Å². The highest BCUT2D eigenvalue weighted by Gasteiger charge is 2.31. The molecule has 4 heterocycles. The Hall–Kier alpha value is -2.33. The molecule has 0 aliphatic heterocycles. The van der Waals surface area contributed by atoms with Crippen LogP contribution in [0.3, 0.4) is 0 Å². The molecule has 0 bridgehead atoms. The second kappa shape index (κ2) is 6.19. The number of halogens is 3. The van der Waals surface area contributed by atoms with Crippen molar-refractivity contribution in [3.05, 3.63) is 53.2 Å². The smallest absolute Gasteiger partial charge is 0.355 e. The average Bonchev–Trinajstić information content (AvgIpc) is 3.31. The Kier molecular flexibility index (Phi) is 4.00. The summed E-state index contributed by atoms with van der Waals surface area (Å²) in [4.78, 5) is 0.964. The first-order valence-electron chi connectivity index (χ1n) is 7.05. The fourth-order valence-electron chi connectivity index (χ4n) is 2.19. The van der Waals surface area contributed by atoms with E-state index in [-0.39, 0.29) is 0 Å². The van der Waals surface area contributed by atoms with Crippen molar-refractivity contribution in [3.8, 4) is 10.6 Å². The quantitative estimate of drug-likeness (QED) is 0.477. The Morgan fingerprint density at radius 2 is 2.08 bits per heavy atom. The summed E-state index contributed by atoms with van der Waals surface area (Å²) in [5, 5.41) is 14.1. The number of aromatic nitrogens is 4. The number of thioether (sulfide) groups is 1. The van der Waals surface area contributed by atoms with Gasteiger partial charge in [-0.2, -0.15) is 13.2 Å². The van der Waals surface area contributed by atoms with E-state index in [4.69, 9.17) is 4.52 Å². The minimum atomic E-state index is -4.41. The van der Waals surface area contributed by atoms with Crippen LogP contribution < -0.4 is 0 Å². The molecule has 10 heteroatoms. The van der Waals surface area contributed by atoms with Crippen molar-refractivity contribution in [3.63, 3.8) is 0 Å². The summed E-state index contributed by atoms with van der Waals surface area (Å²) in [6.07, 6.45) is -3.42. The molecular weight excluding hydrogens is 373 g/mol. The van der Waals surface area contributed by atoms with Crippen LogP contribution in [0.1, 0.15) is 11.3 Å². The van der Waals surface area contributed by atoms with Gasteiger partial charge in [0.15, 0.2) is 16.6 Å². The molecule has 25 heavy (non-hydrogen) atoms. The van der Waals surface area contributed by atoms with E-state index in [1.54, 1.807) is 0 Å². The highest BCUT2D eigenvalue weighted by Crippen LogP contribution is 2.31. The van der Waals surface area contributed by atoms with Gasteiger partial charge in [0.1, 0.15) is 0 Å². The van der Waals surface area contributed by atoms with Crippen LogP contribution in [-0.2, 0) is 11.9 Å². The number of hydrogen-bond donors (Lipinski definition) is 0. The molecule has 0 aromatic carbocycles. The van der Waals surface area contributed by atoms with E-state index in [1.165, 1.54) is 33.6 Å². The molecule has 0 aliphatic rings. The molecule has 0 saturated carbocycles. The van der Waals surface area contributed by atoms with Crippen molar-refractivity contribution < 1.29 is 17.7 Å². The fourth-order valence-corrected chi connectivity index (χ4v) is 3.66. The third-order valence-corrected chi connectivity index (χ3v) is 5.23. The number of hydrogen-bond acceptors (Lipinski definition) is 6. The summed E-state index contributed by atoms with van der Waals surface area (Å²) in [7, 11) is 0. The summed E-state index contributed by atoms with van der Waals surface area (Å²) in [6.45, 7) is 0. The zero-order valence-corrected chi connectivity index (χ0v) is 14.0. The Labute approximate surface area is 147 Å². The number of thiophene rings is 1. The van der Waals surface area contributed by atoms with Gasteiger partial charge in [0.25, 0.3) is 0 Å². The van der Waals surface area contributed by atoms with Gasteiger partial charge in [0.05, 0.1) is 16.1 Å². The first-order valence-corrected chi connectivity index (χ1v) is 8.91. The summed E-state index contributed by atoms with van der Waals surface area (Å²) in [5.74, 6) is 1.07. The van der Waals surface area contributed by atoms with Gasteiger partial charge in [0, 0.05) is 18.0 Å². The molecular formula is C15H9F3N4OS2. The first kappa shape index (κ1) is 16.2. The van der Waals surface area contributed by atoms with Crippen molar-refractivity contribution in [2.24, 2.45) is 0 Å². The molecule has 0 fully saturated rings. The SMILES string of the molecule is FC(F)(F)c1ccc2nnc(SCc3cc(-c4cccs4)on3)n2c1. The number of nitrogens with zero attached hydrogens (tertiary/aromatic N) is 4. The molecule has 128 valence electrons. The van der Waals surface area contributed by atoms with Gasteiger partial charge in [-0.1, -0.05) is 23.0 Å². The highest BCUT2D eigenvalue weighted by atomic mass is 32.2. The lowest BCUT2D eigenvalue weighted by Crippen LogP contribution is -2.06. The standard InChI is InChI=1S/C15H9F3N4OS2/c16-15(17,18)9-3-4-13-19-20-14(22(13)7-9)25-8-10-6-11(23-21-10)12-2-1-5-24-12/h1-7H,8H2. The van der Waals surface area contributed by atoms with Crippen LogP contribution >= 0.6 is 23.1 Å². The summed E-state index contributed by atoms with van der Waals surface area (Å²) < 4.78 is 45.2. The third-order valence-electron chi connectivity index (χ3n) is 3.37. The van der Waals surface area contributed by atoms with E-state index < -0.39 is 11.7 Å². The lowest BCUT2D eigenvalue weighted by Gasteiger charge is -2.07. The number of fused-ring (bicyclic) bond motifs is 1. The molecule has 0 spiro atoms. The summed E-state index contributed by atoms with van der Waals surface area (Å²) >= 11 is 2.78. The van der Waals surface area contributed by atoms with Crippen molar-refractivity contribution >= 4 is 28.7 Å². The van der Waals surface area contributed by atoms with Crippen molar-refractivity contribution in [1.82, 2.24) is 19.8 Å². The van der Waals surface area contributed by atoms with E-state index in [0.29, 0.717) is 28.0 Å². The van der Waals surface area contributed by atoms with Crippen molar-refractivity contribution in [1.29, 1.82) is 0 Å². The first-order chi connectivity index (χ1) is 12.0. The normalized spacial score (nSPS) is 12.1. The van der Waals surface area contributed by atoms with Gasteiger partial charge >= 0.3 is 6.18 Å². The van der Waals surface area contributed by atoms with E-state index in [0.717, 1.165) is 17.1 Å². The van der Waals surface area contributed by atoms with Gasteiger partial charge in [-0.05, 0) is 23.6 Å². The van der Waals surface area contributed by atoms with Crippen LogP contribution in [-0.4, -0.2) is 19.8 Å². The van der Waals surface area contributed by atoms with E-state index in [9.17, 15) is 13.2 Å². The van der Waals surface area contributed by atoms with E-state index >= 15 is 0 Å². The Balaban J connectivity index is 1.55. The van der Waals surface area contributed by atoms with Crippen LogP contribution in [0.5, 0.6) is 0 Å². The third kappa shape index (κ3) is 3.27. The second-order valence-corrected chi connectivity index (χ2v) is 6.96. The van der Waals surface area contributed by atoms with Gasteiger partial charge in [-0.15, -0.1) is 21.5 Å². The molecule has 0 saturated heterocycles. The minimum Gasteiger partial charge on any atom is -0.355 e. The number of rotatable bonds is 4. The molecule has 4 aromatic rings. The lowest BCUT2D eigenvalue weighted by atomic mass is 10.3.